The maximum absolute atomic E-state index is 13.0. The van der Waals surface area contributed by atoms with Crippen molar-refractivity contribution in [2.24, 2.45) is 0 Å². The smallest absolute Gasteiger partial charge is 0.325 e. The van der Waals surface area contributed by atoms with Gasteiger partial charge in [-0.15, -0.1) is 0 Å². The average molecular weight is 371 g/mol. The monoisotopic (exact) mass is 371 g/mol. The summed E-state index contributed by atoms with van der Waals surface area (Å²) in [6.07, 6.45) is 1.70. The SMILES string of the molecule is CCCCn1nc(C(=O)N(CC(=O)OC)Cc2ccccc2C)ccc1=O. The Bertz CT molecular complexity index is 860. The van der Waals surface area contributed by atoms with E-state index in [1.165, 1.54) is 28.8 Å². The molecule has 0 saturated heterocycles. The number of methoxy groups -OCH3 is 1. The first kappa shape index (κ1) is 20.4. The van der Waals surface area contributed by atoms with E-state index in [2.05, 4.69) is 5.10 Å². The van der Waals surface area contributed by atoms with Crippen molar-refractivity contribution >= 4 is 11.9 Å². The normalized spacial score (nSPS) is 10.5. The van der Waals surface area contributed by atoms with Crippen molar-refractivity contribution in [2.45, 2.75) is 39.8 Å². The van der Waals surface area contributed by atoms with Gasteiger partial charge in [0.2, 0.25) is 0 Å². The number of unbranched alkanes of at least 4 members (excludes halogenated alkanes) is 1. The minimum absolute atomic E-state index is 0.128. The molecule has 0 saturated carbocycles. The molecule has 27 heavy (non-hydrogen) atoms. The molecule has 0 aliphatic heterocycles. The van der Waals surface area contributed by atoms with Crippen molar-refractivity contribution in [3.05, 3.63) is 63.6 Å². The first-order chi connectivity index (χ1) is 13.0. The average Bonchev–Trinajstić information content (AvgIpc) is 2.67. The van der Waals surface area contributed by atoms with Gasteiger partial charge in [-0.3, -0.25) is 14.4 Å². The fourth-order valence-corrected chi connectivity index (χ4v) is 2.61. The molecule has 0 aliphatic carbocycles. The van der Waals surface area contributed by atoms with E-state index >= 15 is 0 Å². The highest BCUT2D eigenvalue weighted by Gasteiger charge is 2.22. The highest BCUT2D eigenvalue weighted by atomic mass is 16.5. The number of hydrogen-bond donors (Lipinski definition) is 0. The Labute approximate surface area is 158 Å². The zero-order valence-corrected chi connectivity index (χ0v) is 16.0. The van der Waals surface area contributed by atoms with Crippen LogP contribution in [0, 0.1) is 6.92 Å². The molecular formula is C20H25N3O4. The van der Waals surface area contributed by atoms with Gasteiger partial charge in [0, 0.05) is 19.2 Å². The summed E-state index contributed by atoms with van der Waals surface area (Å²) < 4.78 is 6.01. The van der Waals surface area contributed by atoms with Gasteiger partial charge in [-0.25, -0.2) is 4.68 Å². The molecule has 1 heterocycles. The van der Waals surface area contributed by atoms with Crippen LogP contribution in [-0.4, -0.2) is 40.2 Å². The lowest BCUT2D eigenvalue weighted by molar-refractivity contribution is -0.141. The van der Waals surface area contributed by atoms with E-state index in [1.807, 2.05) is 38.1 Å². The topological polar surface area (TPSA) is 81.5 Å². The van der Waals surface area contributed by atoms with Gasteiger partial charge in [-0.1, -0.05) is 37.6 Å². The second-order valence-corrected chi connectivity index (χ2v) is 6.30. The highest BCUT2D eigenvalue weighted by Crippen LogP contribution is 2.13. The van der Waals surface area contributed by atoms with Crippen LogP contribution in [0.1, 0.15) is 41.4 Å². The second kappa shape index (κ2) is 9.66. The number of hydrogen-bond acceptors (Lipinski definition) is 5. The van der Waals surface area contributed by atoms with Gasteiger partial charge >= 0.3 is 5.97 Å². The first-order valence-corrected chi connectivity index (χ1v) is 8.95. The molecule has 1 aromatic carbocycles. The Kier molecular flexibility index (Phi) is 7.28. The van der Waals surface area contributed by atoms with Gasteiger partial charge in [0.25, 0.3) is 11.5 Å². The zero-order valence-electron chi connectivity index (χ0n) is 16.0. The molecular weight excluding hydrogens is 346 g/mol. The summed E-state index contributed by atoms with van der Waals surface area (Å²) in [6.45, 7) is 4.46. The molecule has 2 rings (SSSR count). The number of benzene rings is 1. The molecule has 0 N–H and O–H groups in total. The van der Waals surface area contributed by atoms with Gasteiger partial charge in [-0.05, 0) is 30.5 Å². The largest absolute Gasteiger partial charge is 0.468 e. The molecule has 1 aromatic heterocycles. The Morgan fingerprint density at radius 1 is 1.19 bits per heavy atom. The first-order valence-electron chi connectivity index (χ1n) is 8.95. The van der Waals surface area contributed by atoms with Gasteiger partial charge in [0.05, 0.1) is 7.11 Å². The number of carbonyl (C=O) groups is 2. The van der Waals surface area contributed by atoms with Gasteiger partial charge in [-0.2, -0.15) is 5.10 Å². The molecule has 2 aromatic rings. The summed E-state index contributed by atoms with van der Waals surface area (Å²) in [5, 5.41) is 4.19. The fourth-order valence-electron chi connectivity index (χ4n) is 2.61. The third kappa shape index (κ3) is 5.51. The Morgan fingerprint density at radius 2 is 1.93 bits per heavy atom. The number of esters is 1. The highest BCUT2D eigenvalue weighted by molar-refractivity contribution is 5.94. The predicted octanol–water partition coefficient (Wildman–Crippen LogP) is 2.17. The molecule has 0 spiro atoms. The van der Waals surface area contributed by atoms with Crippen molar-refractivity contribution in [3.63, 3.8) is 0 Å². The minimum atomic E-state index is -0.517. The van der Waals surface area contributed by atoms with Crippen molar-refractivity contribution < 1.29 is 14.3 Å². The van der Waals surface area contributed by atoms with Crippen molar-refractivity contribution in [1.82, 2.24) is 14.7 Å². The summed E-state index contributed by atoms with van der Waals surface area (Å²) in [6, 6.07) is 10.4. The molecule has 7 heteroatoms. The van der Waals surface area contributed by atoms with Crippen LogP contribution >= 0.6 is 0 Å². The molecule has 144 valence electrons. The summed E-state index contributed by atoms with van der Waals surface area (Å²) in [7, 11) is 1.28. The Balaban J connectivity index is 2.31. The Hall–Kier alpha value is -2.96. The molecule has 0 unspecified atom stereocenters. The third-order valence-electron chi connectivity index (χ3n) is 4.27. The van der Waals surface area contributed by atoms with Crippen LogP contribution in [0.15, 0.2) is 41.2 Å². The van der Waals surface area contributed by atoms with Crippen molar-refractivity contribution in [2.75, 3.05) is 13.7 Å². The van der Waals surface area contributed by atoms with Gasteiger partial charge in [0.1, 0.15) is 12.2 Å². The zero-order chi connectivity index (χ0) is 19.8. The number of carbonyl (C=O) groups excluding carboxylic acids is 2. The molecule has 0 atom stereocenters. The molecule has 0 radical (unpaired) electrons. The lowest BCUT2D eigenvalue weighted by Crippen LogP contribution is -2.37. The quantitative estimate of drug-likeness (QED) is 0.664. The van der Waals surface area contributed by atoms with Crippen LogP contribution < -0.4 is 5.56 Å². The van der Waals surface area contributed by atoms with E-state index in [9.17, 15) is 14.4 Å². The maximum Gasteiger partial charge on any atom is 0.325 e. The molecule has 7 nitrogen and oxygen atoms in total. The van der Waals surface area contributed by atoms with E-state index in [1.54, 1.807) is 0 Å². The number of amides is 1. The number of aryl methyl sites for hydroxylation is 2. The van der Waals surface area contributed by atoms with Crippen LogP contribution in [0.2, 0.25) is 0 Å². The molecule has 1 amide bonds. The predicted molar refractivity (Wildman–Crippen MR) is 101 cm³/mol. The maximum atomic E-state index is 13.0. The molecule has 0 bridgehead atoms. The fraction of sp³-hybridized carbons (Fsp3) is 0.400. The van der Waals surface area contributed by atoms with Crippen LogP contribution in [0.25, 0.3) is 0 Å². The van der Waals surface area contributed by atoms with E-state index in [0.717, 1.165) is 24.0 Å². The number of ether oxygens (including phenoxy) is 1. The lowest BCUT2D eigenvalue weighted by Gasteiger charge is -2.22. The number of aromatic nitrogens is 2. The van der Waals surface area contributed by atoms with Crippen LogP contribution in [0.5, 0.6) is 0 Å². The van der Waals surface area contributed by atoms with Gasteiger partial charge in [0.15, 0.2) is 0 Å². The van der Waals surface area contributed by atoms with Crippen molar-refractivity contribution in [1.29, 1.82) is 0 Å². The van der Waals surface area contributed by atoms with E-state index < -0.39 is 11.9 Å². The van der Waals surface area contributed by atoms with Crippen LogP contribution in [0.3, 0.4) is 0 Å². The van der Waals surface area contributed by atoms with Crippen LogP contribution in [0.4, 0.5) is 0 Å². The van der Waals surface area contributed by atoms with Crippen LogP contribution in [-0.2, 0) is 22.6 Å². The standard InChI is InChI=1S/C20H25N3O4/c1-4-5-12-23-18(24)11-10-17(21-23)20(26)22(14-19(25)27-3)13-16-9-7-6-8-15(16)2/h6-11H,4-5,12-14H2,1-3H3. The third-order valence-corrected chi connectivity index (χ3v) is 4.27. The second-order valence-electron chi connectivity index (χ2n) is 6.30. The van der Waals surface area contributed by atoms with Crippen molar-refractivity contribution in [3.8, 4) is 0 Å². The Morgan fingerprint density at radius 3 is 2.59 bits per heavy atom. The minimum Gasteiger partial charge on any atom is -0.468 e. The van der Waals surface area contributed by atoms with E-state index in [-0.39, 0.29) is 24.3 Å². The van der Waals surface area contributed by atoms with E-state index in [0.29, 0.717) is 6.54 Å². The summed E-state index contributed by atoms with van der Waals surface area (Å²) in [5.41, 5.74) is 1.82. The molecule has 0 aliphatic rings. The number of nitrogens with zero attached hydrogens (tertiary/aromatic N) is 3. The van der Waals surface area contributed by atoms with E-state index in [4.69, 9.17) is 4.74 Å². The number of rotatable bonds is 8. The lowest BCUT2D eigenvalue weighted by atomic mass is 10.1. The summed E-state index contributed by atoms with van der Waals surface area (Å²) >= 11 is 0. The summed E-state index contributed by atoms with van der Waals surface area (Å²) in [4.78, 5) is 38.1. The summed E-state index contributed by atoms with van der Waals surface area (Å²) in [5.74, 6) is -0.940. The molecule has 0 fully saturated rings. The van der Waals surface area contributed by atoms with Gasteiger partial charge < -0.3 is 9.64 Å².